The lowest BCUT2D eigenvalue weighted by atomic mass is 10.2. The Balaban J connectivity index is 1.51. The molecule has 3 aromatic rings. The zero-order valence-electron chi connectivity index (χ0n) is 16.4. The molecule has 10 heteroatoms. The van der Waals surface area contributed by atoms with Crippen molar-refractivity contribution in [1.82, 2.24) is 20.1 Å². The molecule has 0 unspecified atom stereocenters. The predicted octanol–water partition coefficient (Wildman–Crippen LogP) is 3.14. The van der Waals surface area contributed by atoms with E-state index in [1.54, 1.807) is 67.3 Å². The first-order chi connectivity index (χ1) is 14.5. The molecule has 2 N–H and O–H groups in total. The van der Waals surface area contributed by atoms with Gasteiger partial charge in [0.1, 0.15) is 5.75 Å². The first-order valence-electron chi connectivity index (χ1n) is 8.95. The van der Waals surface area contributed by atoms with Crippen molar-refractivity contribution < 1.29 is 14.3 Å². The third kappa shape index (κ3) is 5.74. The van der Waals surface area contributed by atoms with Crippen LogP contribution in [-0.2, 0) is 18.4 Å². The Morgan fingerprint density at radius 1 is 1.17 bits per heavy atom. The van der Waals surface area contributed by atoms with Crippen LogP contribution in [0.25, 0.3) is 0 Å². The number of benzene rings is 2. The molecule has 0 saturated carbocycles. The van der Waals surface area contributed by atoms with E-state index < -0.39 is 0 Å². The van der Waals surface area contributed by atoms with E-state index in [0.29, 0.717) is 33.0 Å². The molecule has 3 rings (SSSR count). The zero-order valence-corrected chi connectivity index (χ0v) is 18.0. The summed E-state index contributed by atoms with van der Waals surface area (Å²) in [5.41, 5.74) is 1.15. The van der Waals surface area contributed by atoms with Gasteiger partial charge in [-0.2, -0.15) is 0 Å². The normalized spacial score (nSPS) is 10.5. The number of nitrogens with zero attached hydrogens (tertiary/aromatic N) is 3. The number of nitrogens with one attached hydrogen (secondary N) is 2. The summed E-state index contributed by atoms with van der Waals surface area (Å²) in [5.74, 6) is 1.02. The van der Waals surface area contributed by atoms with E-state index >= 15 is 0 Å². The summed E-state index contributed by atoms with van der Waals surface area (Å²) in [6.07, 6.45) is 0. The van der Waals surface area contributed by atoms with Crippen molar-refractivity contribution >= 4 is 40.9 Å². The van der Waals surface area contributed by atoms with Gasteiger partial charge >= 0.3 is 0 Å². The highest BCUT2D eigenvalue weighted by atomic mass is 35.5. The highest BCUT2D eigenvalue weighted by molar-refractivity contribution is 7.99. The number of rotatable bonds is 8. The van der Waals surface area contributed by atoms with Crippen LogP contribution in [-0.4, -0.2) is 39.4 Å². The fraction of sp³-hybridized carbons (Fsp3) is 0.200. The summed E-state index contributed by atoms with van der Waals surface area (Å²) in [5, 5.41) is 14.9. The fourth-order valence-corrected chi connectivity index (χ4v) is 3.44. The second kappa shape index (κ2) is 10.1. The number of hydrogen-bond acceptors (Lipinski definition) is 6. The Morgan fingerprint density at radius 3 is 2.63 bits per heavy atom. The summed E-state index contributed by atoms with van der Waals surface area (Å²) >= 11 is 7.17. The summed E-state index contributed by atoms with van der Waals surface area (Å²) in [6.45, 7) is 0.212. The molecule has 0 radical (unpaired) electrons. The number of carbonyl (C=O) groups is 2. The van der Waals surface area contributed by atoms with Crippen molar-refractivity contribution in [3.8, 4) is 5.75 Å². The third-order valence-corrected chi connectivity index (χ3v) is 5.38. The van der Waals surface area contributed by atoms with Gasteiger partial charge < -0.3 is 19.9 Å². The first kappa shape index (κ1) is 21.7. The summed E-state index contributed by atoms with van der Waals surface area (Å²) in [4.78, 5) is 24.4. The van der Waals surface area contributed by atoms with Crippen molar-refractivity contribution in [3.63, 3.8) is 0 Å². The minimum absolute atomic E-state index is 0.163. The molecule has 1 aromatic heterocycles. The Hall–Kier alpha value is -3.04. The summed E-state index contributed by atoms with van der Waals surface area (Å²) in [7, 11) is 3.35. The molecule has 0 spiro atoms. The molecule has 0 aliphatic rings. The average Bonchev–Trinajstić information content (AvgIpc) is 3.10. The van der Waals surface area contributed by atoms with Gasteiger partial charge in [-0.1, -0.05) is 29.4 Å². The van der Waals surface area contributed by atoms with Gasteiger partial charge in [0.25, 0.3) is 5.91 Å². The van der Waals surface area contributed by atoms with Crippen LogP contribution in [0.2, 0.25) is 5.02 Å². The van der Waals surface area contributed by atoms with Crippen molar-refractivity contribution in [2.45, 2.75) is 11.7 Å². The monoisotopic (exact) mass is 445 g/mol. The number of hydrogen-bond donors (Lipinski definition) is 2. The van der Waals surface area contributed by atoms with E-state index in [9.17, 15) is 9.59 Å². The molecule has 0 atom stereocenters. The van der Waals surface area contributed by atoms with Gasteiger partial charge in [0.05, 0.1) is 19.4 Å². The van der Waals surface area contributed by atoms with Gasteiger partial charge in [-0.15, -0.1) is 10.2 Å². The van der Waals surface area contributed by atoms with Crippen molar-refractivity contribution in [3.05, 3.63) is 64.9 Å². The van der Waals surface area contributed by atoms with Crippen LogP contribution in [0, 0.1) is 0 Å². The van der Waals surface area contributed by atoms with Gasteiger partial charge in [-0.05, 0) is 42.5 Å². The van der Waals surface area contributed by atoms with Crippen LogP contribution in [0.5, 0.6) is 5.75 Å². The largest absolute Gasteiger partial charge is 0.497 e. The van der Waals surface area contributed by atoms with E-state index in [2.05, 4.69) is 20.8 Å². The number of halogens is 1. The van der Waals surface area contributed by atoms with Crippen molar-refractivity contribution in [1.29, 1.82) is 0 Å². The van der Waals surface area contributed by atoms with Crippen molar-refractivity contribution in [2.75, 3.05) is 18.2 Å². The zero-order chi connectivity index (χ0) is 21.5. The molecule has 2 amide bonds. The SMILES string of the molecule is COc1ccc(C(=O)NCc2nnc(SCC(=O)Nc3cccc(Cl)c3)n2C)cc1. The lowest BCUT2D eigenvalue weighted by molar-refractivity contribution is -0.113. The highest BCUT2D eigenvalue weighted by Gasteiger charge is 2.13. The molecular weight excluding hydrogens is 426 g/mol. The fourth-order valence-electron chi connectivity index (χ4n) is 2.52. The molecule has 0 aliphatic carbocycles. The Kier molecular flexibility index (Phi) is 7.31. The third-order valence-electron chi connectivity index (χ3n) is 4.13. The molecular formula is C20H20ClN5O3S. The van der Waals surface area contributed by atoms with E-state index in [-0.39, 0.29) is 24.1 Å². The second-order valence-corrected chi connectivity index (χ2v) is 7.60. The molecule has 0 fully saturated rings. The average molecular weight is 446 g/mol. The maximum Gasteiger partial charge on any atom is 0.251 e. The Morgan fingerprint density at radius 2 is 1.93 bits per heavy atom. The van der Waals surface area contributed by atoms with Gasteiger partial charge in [-0.3, -0.25) is 9.59 Å². The van der Waals surface area contributed by atoms with Gasteiger partial charge in [-0.25, -0.2) is 0 Å². The van der Waals surface area contributed by atoms with Crippen LogP contribution in [0.3, 0.4) is 0 Å². The van der Waals surface area contributed by atoms with E-state index in [1.807, 2.05) is 0 Å². The number of aromatic nitrogens is 3. The summed E-state index contributed by atoms with van der Waals surface area (Å²) in [6, 6.07) is 13.8. The van der Waals surface area contributed by atoms with E-state index in [0.717, 1.165) is 0 Å². The van der Waals surface area contributed by atoms with Crippen molar-refractivity contribution in [2.24, 2.45) is 7.05 Å². The Labute approximate surface area is 183 Å². The molecule has 0 aliphatic heterocycles. The first-order valence-corrected chi connectivity index (χ1v) is 10.3. The topological polar surface area (TPSA) is 98.1 Å². The Bertz CT molecular complexity index is 1040. The minimum Gasteiger partial charge on any atom is -0.497 e. The molecule has 30 heavy (non-hydrogen) atoms. The lowest BCUT2D eigenvalue weighted by Crippen LogP contribution is -2.24. The van der Waals surface area contributed by atoms with Crippen LogP contribution in [0.1, 0.15) is 16.2 Å². The van der Waals surface area contributed by atoms with E-state index in [1.165, 1.54) is 11.8 Å². The molecule has 0 bridgehead atoms. The number of anilines is 1. The second-order valence-electron chi connectivity index (χ2n) is 6.22. The van der Waals surface area contributed by atoms with E-state index in [4.69, 9.17) is 16.3 Å². The summed E-state index contributed by atoms with van der Waals surface area (Å²) < 4.78 is 6.83. The number of carbonyl (C=O) groups excluding carboxylic acids is 2. The number of ether oxygens (including phenoxy) is 1. The lowest BCUT2D eigenvalue weighted by Gasteiger charge is -2.07. The minimum atomic E-state index is -0.226. The van der Waals surface area contributed by atoms with Gasteiger partial charge in [0, 0.05) is 23.3 Å². The number of methoxy groups -OCH3 is 1. The smallest absolute Gasteiger partial charge is 0.251 e. The number of thioether (sulfide) groups is 1. The number of amides is 2. The van der Waals surface area contributed by atoms with Crippen LogP contribution in [0.15, 0.2) is 53.7 Å². The molecule has 1 heterocycles. The van der Waals surface area contributed by atoms with Gasteiger partial charge in [0.15, 0.2) is 11.0 Å². The molecule has 156 valence electrons. The standard InChI is InChI=1S/C20H20ClN5O3S/c1-26-17(11-22-19(28)13-6-8-16(29-2)9-7-13)24-25-20(26)30-12-18(27)23-15-5-3-4-14(21)10-15/h3-10H,11-12H2,1-2H3,(H,22,28)(H,23,27). The predicted molar refractivity (Wildman–Crippen MR) is 116 cm³/mol. The molecule has 0 saturated heterocycles. The van der Waals surface area contributed by atoms with Crippen LogP contribution in [0.4, 0.5) is 5.69 Å². The quantitative estimate of drug-likeness (QED) is 0.517. The van der Waals surface area contributed by atoms with Crippen LogP contribution < -0.4 is 15.4 Å². The maximum absolute atomic E-state index is 12.3. The molecule has 2 aromatic carbocycles. The maximum atomic E-state index is 12.3. The van der Waals surface area contributed by atoms with Gasteiger partial charge in [0.2, 0.25) is 5.91 Å². The highest BCUT2D eigenvalue weighted by Crippen LogP contribution is 2.18. The van der Waals surface area contributed by atoms with Crippen LogP contribution >= 0.6 is 23.4 Å². The molecule has 8 nitrogen and oxygen atoms in total.